The summed E-state index contributed by atoms with van der Waals surface area (Å²) < 4.78 is 32.1. The number of ether oxygens (including phenoxy) is 6. The van der Waals surface area contributed by atoms with Crippen LogP contribution in [0.5, 0.6) is 0 Å². The van der Waals surface area contributed by atoms with Gasteiger partial charge >= 0.3 is 40.2 Å². The molecule has 0 spiro atoms. The van der Waals surface area contributed by atoms with E-state index in [1.165, 1.54) is 0 Å². The van der Waals surface area contributed by atoms with Gasteiger partial charge in [0.2, 0.25) is 5.00 Å². The van der Waals surface area contributed by atoms with Crippen molar-refractivity contribution in [2.24, 2.45) is 10.2 Å². The summed E-state index contributed by atoms with van der Waals surface area (Å²) in [6, 6.07) is 6.46. The molecular formula is C28H40N5NaO12S. The largest absolute Gasteiger partial charge is 1.00 e. The van der Waals surface area contributed by atoms with E-state index < -0.39 is 28.1 Å². The Morgan fingerprint density at radius 1 is 0.787 bits per heavy atom. The van der Waals surface area contributed by atoms with E-state index in [1.807, 2.05) is 19.1 Å². The van der Waals surface area contributed by atoms with Gasteiger partial charge in [-0.05, 0) is 48.4 Å². The third kappa shape index (κ3) is 17.9. The van der Waals surface area contributed by atoms with E-state index in [-0.39, 0.29) is 52.8 Å². The quantitative estimate of drug-likeness (QED) is 0.0407. The van der Waals surface area contributed by atoms with Crippen LogP contribution in [0, 0.1) is 27.2 Å². The van der Waals surface area contributed by atoms with E-state index in [0.717, 1.165) is 30.3 Å². The average molecular weight is 694 g/mol. The van der Waals surface area contributed by atoms with Crippen LogP contribution >= 0.6 is 11.3 Å². The Balaban J connectivity index is 0.0000110. The molecule has 1 aromatic carbocycles. The summed E-state index contributed by atoms with van der Waals surface area (Å²) in [5.74, 6) is -1.26. The zero-order valence-corrected chi connectivity index (χ0v) is 29.8. The fourth-order valence-corrected chi connectivity index (χ4v) is 4.53. The van der Waals surface area contributed by atoms with Crippen molar-refractivity contribution in [3.8, 4) is 0 Å². The smallest absolute Gasteiger partial charge is 0.548 e. The number of nitro groups is 2. The molecule has 0 atom stereocenters. The second kappa shape index (κ2) is 25.4. The van der Waals surface area contributed by atoms with E-state index in [1.54, 1.807) is 6.07 Å². The number of rotatable bonds is 27. The number of nitrogens with zero attached hydrogens (tertiary/aromatic N) is 5. The van der Waals surface area contributed by atoms with Gasteiger partial charge in [0.25, 0.3) is 0 Å². The molecule has 2 rings (SSSR count). The standard InChI is InChI=1S/C28H41N5O12S.Na/c1-3-6-31(7-8-40-9-10-41-11-12-42-13-14-43-15-16-44-17-18-45-21-27(34)35)23-4-5-24(22(2)19-23)29-30-28-25(32(36)37)20-26(46-28)33(38)39;/h4-5,19-20H,3,6-18,21H2,1-2H3,(H,34,35);/q;+1/p-1. The Kier molecular flexibility index (Phi) is 22.9. The van der Waals surface area contributed by atoms with Crippen LogP contribution in [0.4, 0.5) is 27.1 Å². The Morgan fingerprint density at radius 2 is 1.32 bits per heavy atom. The fourth-order valence-electron chi connectivity index (χ4n) is 3.77. The molecule has 2 aromatic rings. The van der Waals surface area contributed by atoms with E-state index in [4.69, 9.17) is 28.4 Å². The topological polar surface area (TPSA) is 210 Å². The third-order valence-corrected chi connectivity index (χ3v) is 6.89. The molecule has 0 saturated carbocycles. The molecule has 1 heterocycles. The van der Waals surface area contributed by atoms with Gasteiger partial charge in [-0.25, -0.2) is 0 Å². The number of thiophene rings is 1. The minimum atomic E-state index is -1.26. The SMILES string of the molecule is CCCN(CCOCCOCCOCCOCCOCCOCC(=O)[O-])c1ccc(N=Nc2sc([N+](=O)[O-])cc2[N+](=O)[O-])c(C)c1.[Na+]. The van der Waals surface area contributed by atoms with Crippen LogP contribution in [0.2, 0.25) is 0 Å². The van der Waals surface area contributed by atoms with Crippen molar-refractivity contribution in [1.82, 2.24) is 0 Å². The molecule has 19 heteroatoms. The van der Waals surface area contributed by atoms with Crippen LogP contribution in [0.1, 0.15) is 18.9 Å². The number of hydrogen-bond acceptors (Lipinski definition) is 16. The average Bonchev–Trinajstić information content (AvgIpc) is 3.46. The number of carboxylic acids is 1. The van der Waals surface area contributed by atoms with E-state index in [0.29, 0.717) is 83.0 Å². The van der Waals surface area contributed by atoms with Crippen LogP contribution in [-0.4, -0.2) is 108 Å². The summed E-state index contributed by atoms with van der Waals surface area (Å²) in [5, 5.41) is 39.9. The molecule has 0 saturated heterocycles. The molecule has 0 bridgehead atoms. The summed E-state index contributed by atoms with van der Waals surface area (Å²) in [7, 11) is 0. The molecule has 0 unspecified atom stereocenters. The predicted molar refractivity (Wildman–Crippen MR) is 165 cm³/mol. The van der Waals surface area contributed by atoms with Crippen LogP contribution < -0.4 is 39.6 Å². The van der Waals surface area contributed by atoms with Crippen LogP contribution in [0.15, 0.2) is 34.5 Å². The molecule has 0 fully saturated rings. The summed E-state index contributed by atoms with van der Waals surface area (Å²) in [6.45, 7) is 9.23. The van der Waals surface area contributed by atoms with Crippen molar-refractivity contribution >= 4 is 44.4 Å². The first kappa shape index (κ1) is 42.4. The van der Waals surface area contributed by atoms with E-state index in [2.05, 4.69) is 22.1 Å². The number of aryl methyl sites for hydroxylation is 1. The van der Waals surface area contributed by atoms with Gasteiger partial charge in [0.1, 0.15) is 6.07 Å². The Morgan fingerprint density at radius 3 is 1.79 bits per heavy atom. The number of aliphatic carboxylic acids is 1. The second-order valence-corrected chi connectivity index (χ2v) is 10.4. The summed E-state index contributed by atoms with van der Waals surface area (Å²) in [6.07, 6.45) is 0.924. The maximum absolute atomic E-state index is 11.2. The molecule has 0 N–H and O–H groups in total. The predicted octanol–water partition coefficient (Wildman–Crippen LogP) is 0.358. The minimum absolute atomic E-state index is 0. The number of anilines is 1. The monoisotopic (exact) mass is 693 g/mol. The zero-order chi connectivity index (χ0) is 33.6. The first-order valence-corrected chi connectivity index (χ1v) is 15.4. The van der Waals surface area contributed by atoms with Gasteiger partial charge in [-0.3, -0.25) is 20.2 Å². The number of carboxylic acid groups (broad SMARTS) is 1. The third-order valence-electron chi connectivity index (χ3n) is 5.93. The Hall–Kier alpha value is -2.65. The van der Waals surface area contributed by atoms with Crippen molar-refractivity contribution in [2.45, 2.75) is 20.3 Å². The summed E-state index contributed by atoms with van der Waals surface area (Å²) >= 11 is 0.600. The van der Waals surface area contributed by atoms with E-state index >= 15 is 0 Å². The van der Waals surface area contributed by atoms with Crippen molar-refractivity contribution < 1.29 is 77.7 Å². The Labute approximate surface area is 298 Å². The zero-order valence-electron chi connectivity index (χ0n) is 27.0. The van der Waals surface area contributed by atoms with Gasteiger partial charge in [-0.2, -0.15) is 0 Å². The van der Waals surface area contributed by atoms with Gasteiger partial charge in [0.15, 0.2) is 0 Å². The molecule has 0 radical (unpaired) electrons. The maximum Gasteiger partial charge on any atom is 1.00 e. The first-order valence-electron chi connectivity index (χ1n) is 14.6. The van der Waals surface area contributed by atoms with Gasteiger partial charge in [-0.15, -0.1) is 10.2 Å². The van der Waals surface area contributed by atoms with Crippen molar-refractivity contribution in [3.05, 3.63) is 50.1 Å². The van der Waals surface area contributed by atoms with Gasteiger partial charge in [-0.1, -0.05) is 6.92 Å². The van der Waals surface area contributed by atoms with Crippen molar-refractivity contribution in [2.75, 3.05) is 97.3 Å². The number of benzene rings is 1. The Bertz CT molecular complexity index is 1250. The number of hydrogen-bond donors (Lipinski definition) is 0. The second-order valence-electron chi connectivity index (χ2n) is 9.43. The number of azo groups is 1. The number of carbonyl (C=O) groups is 1. The summed E-state index contributed by atoms with van der Waals surface area (Å²) in [4.78, 5) is 33.2. The molecule has 17 nitrogen and oxygen atoms in total. The maximum atomic E-state index is 11.2. The molecule has 47 heavy (non-hydrogen) atoms. The minimum Gasteiger partial charge on any atom is -0.548 e. The van der Waals surface area contributed by atoms with Gasteiger partial charge < -0.3 is 43.2 Å². The van der Waals surface area contributed by atoms with Crippen molar-refractivity contribution in [1.29, 1.82) is 0 Å². The molecule has 0 aliphatic heterocycles. The molecule has 0 aliphatic carbocycles. The van der Waals surface area contributed by atoms with Crippen LogP contribution in [0.3, 0.4) is 0 Å². The van der Waals surface area contributed by atoms with Crippen LogP contribution in [-0.2, 0) is 33.2 Å². The van der Waals surface area contributed by atoms with E-state index in [9.17, 15) is 30.1 Å². The summed E-state index contributed by atoms with van der Waals surface area (Å²) in [5.41, 5.74) is 1.80. The number of carbonyl (C=O) groups excluding carboxylic acids is 1. The fraction of sp³-hybridized carbons (Fsp3) is 0.607. The molecule has 1 aromatic heterocycles. The first-order chi connectivity index (χ1) is 22.2. The van der Waals surface area contributed by atoms with Crippen molar-refractivity contribution in [3.63, 3.8) is 0 Å². The molecular weight excluding hydrogens is 653 g/mol. The normalized spacial score (nSPS) is 11.1. The molecule has 0 aliphatic rings. The van der Waals surface area contributed by atoms with Gasteiger partial charge in [0.05, 0.1) is 101 Å². The van der Waals surface area contributed by atoms with Gasteiger partial charge in [0, 0.05) is 18.8 Å². The molecule has 0 amide bonds. The molecule has 256 valence electrons. The van der Waals surface area contributed by atoms with Crippen LogP contribution in [0.25, 0.3) is 0 Å².